The minimum atomic E-state index is -0.183. The topological polar surface area (TPSA) is 29.5 Å². The summed E-state index contributed by atoms with van der Waals surface area (Å²) in [5.74, 6) is 0. The molecule has 0 spiro atoms. The molecule has 1 aliphatic rings. The molecule has 20 heavy (non-hydrogen) atoms. The third-order valence-electron chi connectivity index (χ3n) is 3.85. The number of carbonyl (C=O) groups excluding carboxylic acids is 1. The number of ether oxygens (including phenoxy) is 1. The summed E-state index contributed by atoms with van der Waals surface area (Å²) in [5, 5.41) is 2.33. The molecule has 1 fully saturated rings. The molecule has 0 N–H and O–H groups in total. The van der Waals surface area contributed by atoms with Crippen molar-refractivity contribution < 1.29 is 9.53 Å². The quantitative estimate of drug-likeness (QED) is 0.825. The molecule has 104 valence electrons. The van der Waals surface area contributed by atoms with Crippen molar-refractivity contribution >= 4 is 16.9 Å². The summed E-state index contributed by atoms with van der Waals surface area (Å²) in [6.45, 7) is 2.00. The van der Waals surface area contributed by atoms with Gasteiger partial charge in [0.05, 0.1) is 0 Å². The van der Waals surface area contributed by atoms with Gasteiger partial charge in [0.25, 0.3) is 0 Å². The van der Waals surface area contributed by atoms with E-state index in [-0.39, 0.29) is 6.09 Å². The van der Waals surface area contributed by atoms with Crippen LogP contribution in [-0.4, -0.2) is 24.1 Å². The van der Waals surface area contributed by atoms with E-state index in [1.807, 2.05) is 29.2 Å². The fourth-order valence-corrected chi connectivity index (χ4v) is 2.73. The molecule has 1 amide bonds. The van der Waals surface area contributed by atoms with E-state index in [4.69, 9.17) is 4.74 Å². The van der Waals surface area contributed by atoms with E-state index in [9.17, 15) is 4.79 Å². The Hall–Kier alpha value is -2.03. The Bertz CT molecular complexity index is 597. The molecule has 0 radical (unpaired) electrons. The van der Waals surface area contributed by atoms with Crippen LogP contribution in [0, 0.1) is 0 Å². The Morgan fingerprint density at radius 3 is 2.60 bits per heavy atom. The number of amides is 1. The maximum Gasteiger partial charge on any atom is 0.410 e. The van der Waals surface area contributed by atoms with Gasteiger partial charge in [0, 0.05) is 13.1 Å². The van der Waals surface area contributed by atoms with Crippen LogP contribution < -0.4 is 0 Å². The number of likely N-dealkylation sites (tertiary alicyclic amines) is 1. The zero-order valence-corrected chi connectivity index (χ0v) is 11.5. The number of nitrogens with zero attached hydrogens (tertiary/aromatic N) is 1. The highest BCUT2D eigenvalue weighted by Crippen LogP contribution is 2.19. The lowest BCUT2D eigenvalue weighted by Gasteiger charge is -2.25. The Morgan fingerprint density at radius 1 is 1.00 bits per heavy atom. The molecule has 3 heteroatoms. The first-order valence-electron chi connectivity index (χ1n) is 7.23. The average Bonchev–Trinajstić information content (AvgIpc) is 2.53. The van der Waals surface area contributed by atoms with Crippen LogP contribution in [0.1, 0.15) is 24.8 Å². The van der Waals surface area contributed by atoms with Gasteiger partial charge in [-0.2, -0.15) is 0 Å². The fraction of sp³-hybridized carbons (Fsp3) is 0.353. The number of hydrogen-bond donors (Lipinski definition) is 0. The maximum atomic E-state index is 12.0. The van der Waals surface area contributed by atoms with Crippen molar-refractivity contribution in [3.8, 4) is 0 Å². The van der Waals surface area contributed by atoms with Gasteiger partial charge in [0.15, 0.2) is 0 Å². The maximum absolute atomic E-state index is 12.0. The molecule has 0 aliphatic carbocycles. The highest BCUT2D eigenvalue weighted by atomic mass is 16.6. The van der Waals surface area contributed by atoms with Crippen LogP contribution in [-0.2, 0) is 11.3 Å². The fourth-order valence-electron chi connectivity index (χ4n) is 2.73. The van der Waals surface area contributed by atoms with E-state index in [0.717, 1.165) is 36.9 Å². The van der Waals surface area contributed by atoms with Gasteiger partial charge < -0.3 is 9.64 Å². The van der Waals surface area contributed by atoms with E-state index < -0.39 is 0 Å². The van der Waals surface area contributed by atoms with Crippen LogP contribution in [0.3, 0.4) is 0 Å². The molecule has 1 saturated heterocycles. The molecule has 3 rings (SSSR count). The van der Waals surface area contributed by atoms with Crippen LogP contribution in [0.4, 0.5) is 4.79 Å². The lowest BCUT2D eigenvalue weighted by molar-refractivity contribution is 0.0898. The van der Waals surface area contributed by atoms with Crippen molar-refractivity contribution in [2.75, 3.05) is 13.1 Å². The second kappa shape index (κ2) is 5.95. The number of benzene rings is 2. The van der Waals surface area contributed by atoms with Gasteiger partial charge in [-0.25, -0.2) is 4.79 Å². The molecule has 0 unspecified atom stereocenters. The van der Waals surface area contributed by atoms with Crippen molar-refractivity contribution in [2.45, 2.75) is 25.9 Å². The number of rotatable bonds is 2. The van der Waals surface area contributed by atoms with Crippen LogP contribution in [0.25, 0.3) is 10.8 Å². The molecule has 0 atom stereocenters. The van der Waals surface area contributed by atoms with Crippen LogP contribution in [0.15, 0.2) is 42.5 Å². The zero-order valence-electron chi connectivity index (χ0n) is 11.5. The number of hydrogen-bond acceptors (Lipinski definition) is 2. The summed E-state index contributed by atoms with van der Waals surface area (Å²) in [5.41, 5.74) is 1.06. The smallest absolute Gasteiger partial charge is 0.410 e. The first-order chi connectivity index (χ1) is 9.84. The van der Waals surface area contributed by atoms with E-state index in [1.165, 1.54) is 11.8 Å². The summed E-state index contributed by atoms with van der Waals surface area (Å²) in [7, 11) is 0. The Morgan fingerprint density at radius 2 is 1.75 bits per heavy atom. The monoisotopic (exact) mass is 269 g/mol. The van der Waals surface area contributed by atoms with Crippen LogP contribution in [0.5, 0.6) is 0 Å². The van der Waals surface area contributed by atoms with Gasteiger partial charge in [-0.1, -0.05) is 42.5 Å². The predicted octanol–water partition coefficient (Wildman–Crippen LogP) is 3.96. The third-order valence-corrected chi connectivity index (χ3v) is 3.85. The van der Waals surface area contributed by atoms with Gasteiger partial charge in [-0.3, -0.25) is 0 Å². The van der Waals surface area contributed by atoms with E-state index in [1.54, 1.807) is 0 Å². The molecule has 2 aromatic rings. The van der Waals surface area contributed by atoms with Crippen LogP contribution in [0.2, 0.25) is 0 Å². The second-order valence-electron chi connectivity index (χ2n) is 5.24. The predicted molar refractivity (Wildman–Crippen MR) is 79.6 cm³/mol. The molecule has 0 bridgehead atoms. The summed E-state index contributed by atoms with van der Waals surface area (Å²) < 4.78 is 5.46. The van der Waals surface area contributed by atoms with E-state index in [0.29, 0.717) is 6.61 Å². The lowest BCUT2D eigenvalue weighted by Crippen LogP contribution is -2.35. The van der Waals surface area contributed by atoms with Crippen molar-refractivity contribution in [3.05, 3.63) is 48.0 Å². The normalized spacial score (nSPS) is 15.3. The zero-order chi connectivity index (χ0) is 13.8. The van der Waals surface area contributed by atoms with Gasteiger partial charge in [-0.15, -0.1) is 0 Å². The Labute approximate surface area is 119 Å². The summed E-state index contributed by atoms with van der Waals surface area (Å²) >= 11 is 0. The number of fused-ring (bicyclic) bond motifs is 1. The largest absolute Gasteiger partial charge is 0.445 e. The van der Waals surface area contributed by atoms with Crippen molar-refractivity contribution in [1.82, 2.24) is 4.90 Å². The van der Waals surface area contributed by atoms with E-state index >= 15 is 0 Å². The Balaban J connectivity index is 1.69. The summed E-state index contributed by atoms with van der Waals surface area (Å²) in [4.78, 5) is 13.8. The first-order valence-corrected chi connectivity index (χ1v) is 7.23. The highest BCUT2D eigenvalue weighted by molar-refractivity contribution is 5.85. The van der Waals surface area contributed by atoms with Crippen molar-refractivity contribution in [1.29, 1.82) is 0 Å². The standard InChI is InChI=1S/C17H19NO2/c19-17(18-11-4-1-5-12-18)20-13-15-9-6-8-14-7-2-3-10-16(14)15/h2-3,6-10H,1,4-5,11-13H2. The highest BCUT2D eigenvalue weighted by Gasteiger charge is 2.17. The minimum absolute atomic E-state index is 0.183. The molecular formula is C17H19NO2. The molecule has 1 heterocycles. The van der Waals surface area contributed by atoms with Crippen molar-refractivity contribution in [2.24, 2.45) is 0 Å². The number of carbonyl (C=O) groups is 1. The summed E-state index contributed by atoms with van der Waals surface area (Å²) in [6.07, 6.45) is 3.21. The van der Waals surface area contributed by atoms with E-state index in [2.05, 4.69) is 18.2 Å². The SMILES string of the molecule is O=C(OCc1cccc2ccccc12)N1CCCCC1. The minimum Gasteiger partial charge on any atom is -0.445 e. The van der Waals surface area contributed by atoms with Gasteiger partial charge in [0.2, 0.25) is 0 Å². The second-order valence-corrected chi connectivity index (χ2v) is 5.24. The average molecular weight is 269 g/mol. The van der Waals surface area contributed by atoms with Crippen molar-refractivity contribution in [3.63, 3.8) is 0 Å². The molecule has 2 aromatic carbocycles. The third kappa shape index (κ3) is 2.77. The molecule has 1 aliphatic heterocycles. The Kier molecular flexibility index (Phi) is 3.86. The molecule has 0 aromatic heterocycles. The lowest BCUT2D eigenvalue weighted by atomic mass is 10.1. The van der Waals surface area contributed by atoms with Gasteiger partial charge >= 0.3 is 6.09 Å². The summed E-state index contributed by atoms with van der Waals surface area (Å²) in [6, 6.07) is 14.3. The van der Waals surface area contributed by atoms with Gasteiger partial charge in [-0.05, 0) is 35.6 Å². The van der Waals surface area contributed by atoms with Crippen LogP contribution >= 0.6 is 0 Å². The first kappa shape index (κ1) is 13.0. The molecule has 0 saturated carbocycles. The molecular weight excluding hydrogens is 250 g/mol. The van der Waals surface area contributed by atoms with Gasteiger partial charge in [0.1, 0.15) is 6.61 Å². The molecule has 3 nitrogen and oxygen atoms in total. The number of piperidine rings is 1.